The number of nitrogens with zero attached hydrogens (tertiary/aromatic N) is 4. The van der Waals surface area contributed by atoms with Gasteiger partial charge in [-0.25, -0.2) is 4.79 Å². The Morgan fingerprint density at radius 2 is 1.81 bits per heavy atom. The molecule has 1 aromatic rings. The molecule has 0 saturated carbocycles. The Hall–Kier alpha value is -3.96. The van der Waals surface area contributed by atoms with Crippen molar-refractivity contribution >= 4 is 6.09 Å². The summed E-state index contributed by atoms with van der Waals surface area (Å²) >= 11 is 0. The van der Waals surface area contributed by atoms with E-state index in [4.69, 9.17) is 15.2 Å². The Bertz CT molecular complexity index is 1090. The van der Waals surface area contributed by atoms with Crippen LogP contribution >= 0.6 is 0 Å². The number of fused-ring (bicyclic) bond motifs is 1. The van der Waals surface area contributed by atoms with Crippen LogP contribution in [0.25, 0.3) is 0 Å². The van der Waals surface area contributed by atoms with Gasteiger partial charge >= 0.3 is 6.09 Å². The summed E-state index contributed by atoms with van der Waals surface area (Å²) < 4.78 is 10.7. The van der Waals surface area contributed by atoms with Crippen LogP contribution in [-0.4, -0.2) is 36.8 Å². The molecule has 0 aromatic heterocycles. The Labute approximate surface area is 187 Å². The summed E-state index contributed by atoms with van der Waals surface area (Å²) in [6.45, 7) is 6.21. The zero-order valence-electron chi connectivity index (χ0n) is 18.5. The van der Waals surface area contributed by atoms with E-state index in [0.717, 1.165) is 5.56 Å². The van der Waals surface area contributed by atoms with Gasteiger partial charge in [0.15, 0.2) is 0 Å². The van der Waals surface area contributed by atoms with Crippen LogP contribution in [0.3, 0.4) is 0 Å². The number of nitriles is 3. The molecule has 1 aromatic carbocycles. The summed E-state index contributed by atoms with van der Waals surface area (Å²) in [7, 11) is 1.29. The molecule has 0 spiro atoms. The maximum Gasteiger partial charge on any atom is 0.409 e. The lowest BCUT2D eigenvalue weighted by molar-refractivity contribution is 0.117. The summed E-state index contributed by atoms with van der Waals surface area (Å²) in [5.41, 5.74) is 5.58. The van der Waals surface area contributed by atoms with Crippen molar-refractivity contribution in [2.24, 2.45) is 17.1 Å². The lowest BCUT2D eigenvalue weighted by Gasteiger charge is -2.44. The van der Waals surface area contributed by atoms with Crippen molar-refractivity contribution in [3.63, 3.8) is 0 Å². The van der Waals surface area contributed by atoms with E-state index in [1.165, 1.54) is 12.0 Å². The fourth-order valence-electron chi connectivity index (χ4n) is 4.39. The molecule has 8 heteroatoms. The van der Waals surface area contributed by atoms with Crippen molar-refractivity contribution in [1.82, 2.24) is 4.90 Å². The first kappa shape index (κ1) is 22.7. The second kappa shape index (κ2) is 8.29. The smallest absolute Gasteiger partial charge is 0.409 e. The molecule has 1 aliphatic heterocycles. The van der Waals surface area contributed by atoms with E-state index < -0.39 is 23.3 Å². The Balaban J connectivity index is 2.16. The quantitative estimate of drug-likeness (QED) is 0.709. The summed E-state index contributed by atoms with van der Waals surface area (Å²) in [5, 5.41) is 29.8. The van der Waals surface area contributed by atoms with E-state index in [9.17, 15) is 20.6 Å². The van der Waals surface area contributed by atoms with Gasteiger partial charge in [-0.15, -0.1) is 0 Å². The standard InChI is InChI=1S/C24H25N5O3/c1-23(2,3)32-16-7-5-15(6-8-16)20-17(11-25)21(28)24(13-26,14-27)19-9-10-29(12-18(19)20)22(30)31-4/h5-9,18,20H,10,12,28H2,1-4H3/t18-,20-/m0/s1. The SMILES string of the molecule is COC(=O)N1CC=C2[C@H](C1)[C@@H](c1ccc(OC(C)(C)C)cc1)C(C#N)=C(N)C2(C#N)C#N. The summed E-state index contributed by atoms with van der Waals surface area (Å²) in [6, 6.07) is 13.5. The van der Waals surface area contributed by atoms with Crippen LogP contribution in [0.5, 0.6) is 5.75 Å². The molecule has 8 nitrogen and oxygen atoms in total. The normalized spacial score (nSPS) is 21.9. The van der Waals surface area contributed by atoms with Crippen molar-refractivity contribution in [2.75, 3.05) is 20.2 Å². The van der Waals surface area contributed by atoms with Gasteiger partial charge in [0.05, 0.1) is 36.6 Å². The van der Waals surface area contributed by atoms with Gasteiger partial charge in [-0.05, 0) is 44.0 Å². The van der Waals surface area contributed by atoms with Gasteiger partial charge in [-0.3, -0.25) is 0 Å². The van der Waals surface area contributed by atoms with Gasteiger partial charge in [0.25, 0.3) is 0 Å². The predicted octanol–water partition coefficient (Wildman–Crippen LogP) is 3.36. The van der Waals surface area contributed by atoms with Gasteiger partial charge in [-0.2, -0.15) is 15.8 Å². The fraction of sp³-hybridized carbons (Fsp3) is 0.417. The molecule has 0 fully saturated rings. The lowest BCUT2D eigenvalue weighted by atomic mass is 9.60. The van der Waals surface area contributed by atoms with E-state index in [2.05, 4.69) is 6.07 Å². The van der Waals surface area contributed by atoms with Crippen molar-refractivity contribution < 1.29 is 14.3 Å². The Morgan fingerprint density at radius 3 is 2.31 bits per heavy atom. The van der Waals surface area contributed by atoms with Gasteiger partial charge in [0, 0.05) is 24.9 Å². The first-order valence-corrected chi connectivity index (χ1v) is 10.2. The maximum atomic E-state index is 12.2. The molecule has 164 valence electrons. The summed E-state index contributed by atoms with van der Waals surface area (Å²) in [5.74, 6) is -0.345. The average molecular weight is 431 g/mol. The molecule has 1 heterocycles. The second-order valence-corrected chi connectivity index (χ2v) is 8.81. The molecule has 2 N–H and O–H groups in total. The molecule has 0 radical (unpaired) electrons. The van der Waals surface area contributed by atoms with E-state index in [1.54, 1.807) is 6.08 Å². The topological polar surface area (TPSA) is 136 Å². The number of benzene rings is 1. The molecule has 0 bridgehead atoms. The summed E-state index contributed by atoms with van der Waals surface area (Å²) in [4.78, 5) is 13.7. The molecule has 1 amide bonds. The highest BCUT2D eigenvalue weighted by atomic mass is 16.5. The number of carbonyl (C=O) groups excluding carboxylic acids is 1. The van der Waals surface area contributed by atoms with Crippen LogP contribution in [0, 0.1) is 45.3 Å². The number of carbonyl (C=O) groups is 1. The van der Waals surface area contributed by atoms with Gasteiger partial charge in [-0.1, -0.05) is 18.2 Å². The van der Waals surface area contributed by atoms with Crippen molar-refractivity contribution in [3.05, 3.63) is 52.7 Å². The van der Waals surface area contributed by atoms with Crippen LogP contribution in [0.1, 0.15) is 32.3 Å². The van der Waals surface area contributed by atoms with E-state index >= 15 is 0 Å². The number of nitrogens with two attached hydrogens (primary N) is 1. The second-order valence-electron chi connectivity index (χ2n) is 8.81. The van der Waals surface area contributed by atoms with Crippen LogP contribution in [0.15, 0.2) is 47.2 Å². The zero-order chi connectivity index (χ0) is 23.7. The highest BCUT2D eigenvalue weighted by Crippen LogP contribution is 2.52. The van der Waals surface area contributed by atoms with Crippen molar-refractivity contribution in [1.29, 1.82) is 15.8 Å². The molecule has 3 rings (SSSR count). The number of hydrogen-bond donors (Lipinski definition) is 1. The minimum Gasteiger partial charge on any atom is -0.488 e. The zero-order valence-corrected chi connectivity index (χ0v) is 18.5. The van der Waals surface area contributed by atoms with E-state index in [0.29, 0.717) is 11.3 Å². The molecule has 2 atom stereocenters. The number of rotatable bonds is 2. The van der Waals surface area contributed by atoms with E-state index in [-0.39, 0.29) is 30.0 Å². The minimum absolute atomic E-state index is 0.0564. The van der Waals surface area contributed by atoms with E-state index in [1.807, 2.05) is 57.2 Å². The Kier molecular flexibility index (Phi) is 5.88. The Morgan fingerprint density at radius 1 is 1.19 bits per heavy atom. The maximum absolute atomic E-state index is 12.2. The molecular formula is C24H25N5O3. The van der Waals surface area contributed by atoms with Gasteiger partial charge in [0.2, 0.25) is 5.41 Å². The molecule has 0 unspecified atom stereocenters. The molecule has 32 heavy (non-hydrogen) atoms. The largest absolute Gasteiger partial charge is 0.488 e. The fourth-order valence-corrected chi connectivity index (χ4v) is 4.39. The number of allylic oxidation sites excluding steroid dienone is 2. The first-order valence-electron chi connectivity index (χ1n) is 10.2. The van der Waals surface area contributed by atoms with Crippen molar-refractivity contribution in [2.45, 2.75) is 32.3 Å². The highest BCUT2D eigenvalue weighted by molar-refractivity contribution is 5.69. The lowest BCUT2D eigenvalue weighted by Crippen LogP contribution is -2.48. The van der Waals surface area contributed by atoms with Crippen LogP contribution < -0.4 is 10.5 Å². The third-order valence-corrected chi connectivity index (χ3v) is 5.74. The monoisotopic (exact) mass is 431 g/mol. The predicted molar refractivity (Wildman–Crippen MR) is 116 cm³/mol. The van der Waals surface area contributed by atoms with Gasteiger partial charge < -0.3 is 20.1 Å². The third-order valence-electron chi connectivity index (χ3n) is 5.74. The van der Waals surface area contributed by atoms with Crippen LogP contribution in [-0.2, 0) is 4.74 Å². The van der Waals surface area contributed by atoms with Crippen LogP contribution in [0.2, 0.25) is 0 Å². The third kappa shape index (κ3) is 3.74. The average Bonchev–Trinajstić information content (AvgIpc) is 2.77. The minimum atomic E-state index is -1.75. The molecule has 1 aliphatic carbocycles. The van der Waals surface area contributed by atoms with Crippen molar-refractivity contribution in [3.8, 4) is 24.0 Å². The number of ether oxygens (including phenoxy) is 2. The number of methoxy groups -OCH3 is 1. The van der Waals surface area contributed by atoms with Crippen LogP contribution in [0.4, 0.5) is 4.79 Å². The number of hydrogen-bond acceptors (Lipinski definition) is 7. The summed E-state index contributed by atoms with van der Waals surface area (Å²) in [6.07, 6.45) is 1.16. The molecular weight excluding hydrogens is 406 g/mol. The molecule has 0 saturated heterocycles. The van der Waals surface area contributed by atoms with Gasteiger partial charge in [0.1, 0.15) is 11.4 Å². The highest BCUT2D eigenvalue weighted by Gasteiger charge is 2.53. The number of amides is 1. The molecule has 2 aliphatic rings. The first-order chi connectivity index (χ1) is 15.1.